The van der Waals surface area contributed by atoms with E-state index in [0.29, 0.717) is 18.8 Å². The number of rotatable bonds is 7. The highest BCUT2D eigenvalue weighted by Crippen LogP contribution is 2.17. The minimum atomic E-state index is -1.06. The van der Waals surface area contributed by atoms with Crippen LogP contribution in [0.2, 0.25) is 0 Å². The van der Waals surface area contributed by atoms with Gasteiger partial charge >= 0.3 is 5.97 Å². The highest BCUT2D eigenvalue weighted by Gasteiger charge is 2.12. The van der Waals surface area contributed by atoms with Crippen LogP contribution < -0.4 is 10.6 Å². The molecule has 0 atom stereocenters. The van der Waals surface area contributed by atoms with Gasteiger partial charge in [0.15, 0.2) is 0 Å². The molecule has 0 unspecified atom stereocenters. The van der Waals surface area contributed by atoms with Gasteiger partial charge in [0.25, 0.3) is 0 Å². The molecule has 0 bridgehead atoms. The molecule has 1 aromatic carbocycles. The van der Waals surface area contributed by atoms with Crippen LogP contribution in [0.1, 0.15) is 15.9 Å². The summed E-state index contributed by atoms with van der Waals surface area (Å²) in [6.07, 6.45) is 0. The zero-order valence-corrected chi connectivity index (χ0v) is 11.0. The molecule has 6 heteroatoms. The van der Waals surface area contributed by atoms with Gasteiger partial charge < -0.3 is 20.5 Å². The molecule has 0 saturated heterocycles. The topological polar surface area (TPSA) is 87.7 Å². The number of hydrogen-bond acceptors (Lipinski definition) is 4. The van der Waals surface area contributed by atoms with Gasteiger partial charge in [-0.15, -0.1) is 0 Å². The van der Waals surface area contributed by atoms with Gasteiger partial charge in [0.2, 0.25) is 5.91 Å². The van der Waals surface area contributed by atoms with Crippen LogP contribution in [0.5, 0.6) is 0 Å². The molecule has 0 radical (unpaired) electrons. The lowest BCUT2D eigenvalue weighted by molar-refractivity contribution is -0.115. The maximum Gasteiger partial charge on any atom is 0.337 e. The molecule has 0 aliphatic rings. The highest BCUT2D eigenvalue weighted by atomic mass is 16.5. The number of amides is 1. The van der Waals surface area contributed by atoms with E-state index in [9.17, 15) is 9.59 Å². The predicted octanol–water partition coefficient (Wildman–Crippen LogP) is 0.868. The molecule has 0 aliphatic carbocycles. The van der Waals surface area contributed by atoms with E-state index >= 15 is 0 Å². The Morgan fingerprint density at radius 3 is 2.74 bits per heavy atom. The van der Waals surface area contributed by atoms with Crippen LogP contribution in [0, 0.1) is 6.92 Å². The van der Waals surface area contributed by atoms with Crippen LogP contribution >= 0.6 is 0 Å². The maximum absolute atomic E-state index is 11.6. The fourth-order valence-corrected chi connectivity index (χ4v) is 1.51. The predicted molar refractivity (Wildman–Crippen MR) is 71.5 cm³/mol. The smallest absolute Gasteiger partial charge is 0.337 e. The van der Waals surface area contributed by atoms with Crippen molar-refractivity contribution in [2.75, 3.05) is 32.1 Å². The number of hydrogen-bond donors (Lipinski definition) is 3. The van der Waals surface area contributed by atoms with Crippen molar-refractivity contribution >= 4 is 17.6 Å². The third-order valence-corrected chi connectivity index (χ3v) is 2.45. The normalized spacial score (nSPS) is 10.2. The second kappa shape index (κ2) is 7.50. The lowest BCUT2D eigenvalue weighted by Crippen LogP contribution is -2.30. The van der Waals surface area contributed by atoms with Gasteiger partial charge in [0, 0.05) is 13.7 Å². The summed E-state index contributed by atoms with van der Waals surface area (Å²) in [6.45, 7) is 2.97. The monoisotopic (exact) mass is 266 g/mol. The Labute approximate surface area is 111 Å². The van der Waals surface area contributed by atoms with Gasteiger partial charge in [-0.25, -0.2) is 4.79 Å². The van der Waals surface area contributed by atoms with Crippen molar-refractivity contribution in [1.82, 2.24) is 5.32 Å². The maximum atomic E-state index is 11.6. The fourth-order valence-electron chi connectivity index (χ4n) is 1.51. The molecule has 104 valence electrons. The lowest BCUT2D eigenvalue weighted by Gasteiger charge is -2.09. The van der Waals surface area contributed by atoms with Gasteiger partial charge in [-0.2, -0.15) is 0 Å². The first kappa shape index (κ1) is 15.1. The number of nitrogens with one attached hydrogen (secondary N) is 2. The quantitative estimate of drug-likeness (QED) is 0.637. The Morgan fingerprint density at radius 2 is 2.11 bits per heavy atom. The SMILES string of the molecule is COCCNCC(=O)Nc1ccc(C)cc1C(=O)O. The first-order valence-corrected chi connectivity index (χ1v) is 5.88. The molecule has 0 heterocycles. The molecule has 0 saturated carbocycles. The van der Waals surface area contributed by atoms with E-state index in [1.54, 1.807) is 26.2 Å². The molecular formula is C13H18N2O4. The number of aromatic carboxylic acids is 1. The molecule has 1 rings (SSSR count). The first-order chi connectivity index (χ1) is 9.04. The van der Waals surface area contributed by atoms with Crippen LogP contribution in [0.4, 0.5) is 5.69 Å². The van der Waals surface area contributed by atoms with Crippen LogP contribution in [0.25, 0.3) is 0 Å². The molecule has 0 spiro atoms. The summed E-state index contributed by atoms with van der Waals surface area (Å²) in [7, 11) is 1.58. The molecule has 3 N–H and O–H groups in total. The minimum absolute atomic E-state index is 0.0882. The third-order valence-electron chi connectivity index (χ3n) is 2.45. The first-order valence-electron chi connectivity index (χ1n) is 5.88. The summed E-state index contributed by atoms with van der Waals surface area (Å²) in [6, 6.07) is 4.86. The third kappa shape index (κ3) is 5.07. The number of anilines is 1. The Hall–Kier alpha value is -1.92. The number of methoxy groups -OCH3 is 1. The summed E-state index contributed by atoms with van der Waals surface area (Å²) in [5.74, 6) is -1.35. The van der Waals surface area contributed by atoms with Crippen molar-refractivity contribution < 1.29 is 19.4 Å². The number of aryl methyl sites for hydroxylation is 1. The largest absolute Gasteiger partial charge is 0.478 e. The molecule has 1 aromatic rings. The van der Waals surface area contributed by atoms with Crippen LogP contribution in [-0.2, 0) is 9.53 Å². The van der Waals surface area contributed by atoms with Gasteiger partial charge in [0.1, 0.15) is 0 Å². The molecule has 19 heavy (non-hydrogen) atoms. The molecular weight excluding hydrogens is 248 g/mol. The van der Waals surface area contributed by atoms with Crippen molar-refractivity contribution in [2.24, 2.45) is 0 Å². The molecule has 0 aliphatic heterocycles. The zero-order valence-electron chi connectivity index (χ0n) is 11.0. The average molecular weight is 266 g/mol. The van der Waals surface area contributed by atoms with Crippen LogP contribution in [0.3, 0.4) is 0 Å². The number of carboxylic acid groups (broad SMARTS) is 1. The Morgan fingerprint density at radius 1 is 1.37 bits per heavy atom. The van der Waals surface area contributed by atoms with E-state index in [-0.39, 0.29) is 18.0 Å². The van der Waals surface area contributed by atoms with Crippen LogP contribution in [-0.4, -0.2) is 43.8 Å². The van der Waals surface area contributed by atoms with E-state index in [0.717, 1.165) is 5.56 Å². The summed E-state index contributed by atoms with van der Waals surface area (Å²) in [5, 5.41) is 14.5. The zero-order chi connectivity index (χ0) is 14.3. The van der Waals surface area contributed by atoms with Gasteiger partial charge in [0.05, 0.1) is 24.4 Å². The van der Waals surface area contributed by atoms with E-state index in [1.165, 1.54) is 6.07 Å². The summed E-state index contributed by atoms with van der Waals surface area (Å²) in [4.78, 5) is 22.7. The van der Waals surface area contributed by atoms with Gasteiger partial charge in [-0.05, 0) is 19.1 Å². The van der Waals surface area contributed by atoms with E-state index in [4.69, 9.17) is 9.84 Å². The molecule has 1 amide bonds. The van der Waals surface area contributed by atoms with Crippen molar-refractivity contribution in [3.05, 3.63) is 29.3 Å². The van der Waals surface area contributed by atoms with Gasteiger partial charge in [-0.3, -0.25) is 4.79 Å². The number of ether oxygens (including phenoxy) is 1. The highest BCUT2D eigenvalue weighted by molar-refractivity contribution is 6.01. The number of carbonyl (C=O) groups is 2. The van der Waals surface area contributed by atoms with Crippen molar-refractivity contribution in [3.63, 3.8) is 0 Å². The van der Waals surface area contributed by atoms with Crippen molar-refractivity contribution in [3.8, 4) is 0 Å². The van der Waals surface area contributed by atoms with E-state index in [1.807, 2.05) is 0 Å². The standard InChI is InChI=1S/C13H18N2O4/c1-9-3-4-11(10(7-9)13(17)18)15-12(16)8-14-5-6-19-2/h3-4,7,14H,5-6,8H2,1-2H3,(H,15,16)(H,17,18). The average Bonchev–Trinajstić information content (AvgIpc) is 2.36. The molecule has 0 fully saturated rings. The summed E-state index contributed by atoms with van der Waals surface area (Å²) in [5.41, 5.74) is 1.22. The van der Waals surface area contributed by atoms with Crippen LogP contribution in [0.15, 0.2) is 18.2 Å². The van der Waals surface area contributed by atoms with Crippen molar-refractivity contribution in [1.29, 1.82) is 0 Å². The second-order valence-electron chi connectivity index (χ2n) is 4.07. The number of benzene rings is 1. The van der Waals surface area contributed by atoms with E-state index < -0.39 is 5.97 Å². The fraction of sp³-hybridized carbons (Fsp3) is 0.385. The Balaban J connectivity index is 2.61. The number of carbonyl (C=O) groups excluding carboxylic acids is 1. The number of carboxylic acids is 1. The van der Waals surface area contributed by atoms with Crippen molar-refractivity contribution in [2.45, 2.75) is 6.92 Å². The summed E-state index contributed by atoms with van der Waals surface area (Å²) >= 11 is 0. The second-order valence-corrected chi connectivity index (χ2v) is 4.07. The van der Waals surface area contributed by atoms with E-state index in [2.05, 4.69) is 10.6 Å². The van der Waals surface area contributed by atoms with Gasteiger partial charge in [-0.1, -0.05) is 11.6 Å². The minimum Gasteiger partial charge on any atom is -0.478 e. The molecule has 0 aromatic heterocycles. The lowest BCUT2D eigenvalue weighted by atomic mass is 10.1. The Kier molecular flexibility index (Phi) is 5.98. The summed E-state index contributed by atoms with van der Waals surface area (Å²) < 4.78 is 4.83. The Bertz CT molecular complexity index is 460. The molecule has 6 nitrogen and oxygen atoms in total.